The number of nitrogens with one attached hydrogen (secondary N) is 1. The molecule has 0 bridgehead atoms. The van der Waals surface area contributed by atoms with Crippen molar-refractivity contribution in [2.75, 3.05) is 13.1 Å². The first kappa shape index (κ1) is 22.4. The molecule has 1 saturated heterocycles. The summed E-state index contributed by atoms with van der Waals surface area (Å²) in [4.78, 5) is 32.7. The van der Waals surface area contributed by atoms with Crippen LogP contribution in [0.2, 0.25) is 0 Å². The molecular formula is C24H30F2N4O2. The van der Waals surface area contributed by atoms with Crippen LogP contribution in [-0.2, 0) is 17.8 Å². The molecule has 2 aliphatic heterocycles. The number of carbonyl (C=O) groups is 2. The van der Waals surface area contributed by atoms with Gasteiger partial charge in [-0.05, 0) is 49.3 Å². The van der Waals surface area contributed by atoms with Crippen molar-refractivity contribution in [1.82, 2.24) is 19.8 Å². The van der Waals surface area contributed by atoms with E-state index in [2.05, 4.69) is 10.3 Å². The van der Waals surface area contributed by atoms with E-state index in [0.717, 1.165) is 43.5 Å². The molecule has 0 radical (unpaired) electrons. The van der Waals surface area contributed by atoms with Gasteiger partial charge in [-0.3, -0.25) is 9.59 Å². The molecule has 0 spiro atoms. The fourth-order valence-electron chi connectivity index (χ4n) is 4.32. The smallest absolute Gasteiger partial charge is 0.272 e. The minimum atomic E-state index is -0.951. The van der Waals surface area contributed by atoms with Gasteiger partial charge >= 0.3 is 0 Å². The highest BCUT2D eigenvalue weighted by atomic mass is 19.2. The van der Waals surface area contributed by atoms with Crippen molar-refractivity contribution in [2.45, 2.75) is 65.5 Å². The molecule has 3 heterocycles. The molecule has 172 valence electrons. The van der Waals surface area contributed by atoms with E-state index in [1.54, 1.807) is 4.90 Å². The van der Waals surface area contributed by atoms with Gasteiger partial charge < -0.3 is 14.8 Å². The SMILES string of the molecule is CC(C)(C)C(NC(=O)c1nc(-c2ccc(F)c(F)c2)n2c1CCCCC2)C(=O)N1CCC1. The van der Waals surface area contributed by atoms with E-state index >= 15 is 0 Å². The first-order valence-corrected chi connectivity index (χ1v) is 11.3. The molecule has 1 fully saturated rings. The Balaban J connectivity index is 1.70. The molecule has 0 saturated carbocycles. The van der Waals surface area contributed by atoms with Crippen LogP contribution in [0, 0.1) is 17.0 Å². The largest absolute Gasteiger partial charge is 0.341 e. The minimum absolute atomic E-state index is 0.0803. The van der Waals surface area contributed by atoms with E-state index in [1.165, 1.54) is 6.07 Å². The Kier molecular flexibility index (Phi) is 6.05. The number of carbonyl (C=O) groups excluding carboxylic acids is 2. The van der Waals surface area contributed by atoms with Crippen LogP contribution in [-0.4, -0.2) is 45.4 Å². The summed E-state index contributed by atoms with van der Waals surface area (Å²) >= 11 is 0. The van der Waals surface area contributed by atoms with Crippen LogP contribution in [0.15, 0.2) is 18.2 Å². The van der Waals surface area contributed by atoms with E-state index in [0.29, 0.717) is 37.4 Å². The number of amides is 2. The van der Waals surface area contributed by atoms with Crippen LogP contribution >= 0.6 is 0 Å². The van der Waals surface area contributed by atoms with Crippen molar-refractivity contribution in [2.24, 2.45) is 5.41 Å². The highest BCUT2D eigenvalue weighted by Crippen LogP contribution is 2.29. The summed E-state index contributed by atoms with van der Waals surface area (Å²) in [7, 11) is 0. The van der Waals surface area contributed by atoms with E-state index < -0.39 is 29.0 Å². The van der Waals surface area contributed by atoms with Crippen molar-refractivity contribution in [3.8, 4) is 11.4 Å². The fraction of sp³-hybridized carbons (Fsp3) is 0.542. The average molecular weight is 445 g/mol. The lowest BCUT2D eigenvalue weighted by Crippen LogP contribution is -2.57. The van der Waals surface area contributed by atoms with E-state index in [1.807, 2.05) is 25.3 Å². The number of benzene rings is 1. The molecule has 1 N–H and O–H groups in total. The lowest BCUT2D eigenvalue weighted by atomic mass is 9.85. The molecule has 2 amide bonds. The summed E-state index contributed by atoms with van der Waals surface area (Å²) < 4.78 is 29.3. The molecular weight excluding hydrogens is 414 g/mol. The number of rotatable bonds is 4. The van der Waals surface area contributed by atoms with Gasteiger partial charge in [0, 0.05) is 25.2 Å². The molecule has 32 heavy (non-hydrogen) atoms. The van der Waals surface area contributed by atoms with Gasteiger partial charge in [0.1, 0.15) is 17.6 Å². The van der Waals surface area contributed by atoms with E-state index in [-0.39, 0.29) is 11.6 Å². The van der Waals surface area contributed by atoms with Crippen molar-refractivity contribution < 1.29 is 18.4 Å². The number of likely N-dealkylation sites (tertiary alicyclic amines) is 1. The third-order valence-electron chi connectivity index (χ3n) is 6.32. The Bertz CT molecular complexity index is 1040. The van der Waals surface area contributed by atoms with Crippen LogP contribution < -0.4 is 5.32 Å². The molecule has 0 aliphatic carbocycles. The van der Waals surface area contributed by atoms with Gasteiger partial charge in [-0.2, -0.15) is 0 Å². The molecule has 6 nitrogen and oxygen atoms in total. The maximum Gasteiger partial charge on any atom is 0.272 e. The molecule has 2 aliphatic rings. The number of nitrogens with zero attached hydrogens (tertiary/aromatic N) is 3. The lowest BCUT2D eigenvalue weighted by molar-refractivity contribution is -0.139. The third kappa shape index (κ3) is 4.27. The first-order chi connectivity index (χ1) is 15.2. The van der Waals surface area contributed by atoms with Gasteiger partial charge in [0.2, 0.25) is 5.91 Å². The molecule has 4 rings (SSSR count). The zero-order chi connectivity index (χ0) is 23.0. The van der Waals surface area contributed by atoms with Crippen LogP contribution in [0.25, 0.3) is 11.4 Å². The first-order valence-electron chi connectivity index (χ1n) is 11.3. The van der Waals surface area contributed by atoms with Gasteiger partial charge in [0.25, 0.3) is 5.91 Å². The second-order valence-electron chi connectivity index (χ2n) is 9.77. The van der Waals surface area contributed by atoms with Gasteiger partial charge in [-0.1, -0.05) is 27.2 Å². The summed E-state index contributed by atoms with van der Waals surface area (Å²) in [5, 5.41) is 2.94. The Morgan fingerprint density at radius 2 is 1.78 bits per heavy atom. The fourth-order valence-corrected chi connectivity index (χ4v) is 4.32. The van der Waals surface area contributed by atoms with Crippen molar-refractivity contribution in [3.05, 3.63) is 41.2 Å². The number of fused-ring (bicyclic) bond motifs is 1. The summed E-state index contributed by atoms with van der Waals surface area (Å²) in [6.07, 6.45) is 4.48. The van der Waals surface area contributed by atoms with Crippen LogP contribution in [0.4, 0.5) is 8.78 Å². The Hall–Kier alpha value is -2.77. The monoisotopic (exact) mass is 444 g/mol. The number of imidazole rings is 1. The summed E-state index contributed by atoms with van der Waals surface area (Å²) in [6, 6.07) is 2.99. The lowest BCUT2D eigenvalue weighted by Gasteiger charge is -2.38. The zero-order valence-corrected chi connectivity index (χ0v) is 18.9. The normalized spacial score (nSPS) is 17.2. The highest BCUT2D eigenvalue weighted by Gasteiger charge is 2.38. The molecule has 1 atom stereocenters. The summed E-state index contributed by atoms with van der Waals surface area (Å²) in [5.74, 6) is -1.91. The molecule has 8 heteroatoms. The predicted molar refractivity (Wildman–Crippen MR) is 117 cm³/mol. The zero-order valence-electron chi connectivity index (χ0n) is 18.9. The number of hydrogen-bond donors (Lipinski definition) is 1. The van der Waals surface area contributed by atoms with E-state index in [9.17, 15) is 18.4 Å². The predicted octanol–water partition coefficient (Wildman–Crippen LogP) is 3.93. The van der Waals surface area contributed by atoms with Crippen LogP contribution in [0.5, 0.6) is 0 Å². The summed E-state index contributed by atoms with van der Waals surface area (Å²) in [6.45, 7) is 7.85. The second kappa shape index (κ2) is 8.64. The van der Waals surface area contributed by atoms with Crippen molar-refractivity contribution in [3.63, 3.8) is 0 Å². The number of hydrogen-bond acceptors (Lipinski definition) is 3. The third-order valence-corrected chi connectivity index (χ3v) is 6.32. The van der Waals surface area contributed by atoms with Gasteiger partial charge in [-0.15, -0.1) is 0 Å². The molecule has 1 aromatic heterocycles. The maximum absolute atomic E-state index is 13.9. The summed E-state index contributed by atoms with van der Waals surface area (Å²) in [5.41, 5.74) is 0.998. The highest BCUT2D eigenvalue weighted by molar-refractivity contribution is 5.98. The molecule has 1 unspecified atom stereocenters. The Labute approximate surface area is 187 Å². The van der Waals surface area contributed by atoms with Gasteiger partial charge in [0.05, 0.1) is 5.69 Å². The number of aromatic nitrogens is 2. The van der Waals surface area contributed by atoms with Gasteiger partial charge in [0.15, 0.2) is 11.6 Å². The maximum atomic E-state index is 13.9. The topological polar surface area (TPSA) is 67.2 Å². The Morgan fingerprint density at radius 1 is 1.03 bits per heavy atom. The number of halogens is 2. The van der Waals surface area contributed by atoms with Crippen molar-refractivity contribution >= 4 is 11.8 Å². The minimum Gasteiger partial charge on any atom is -0.341 e. The quantitative estimate of drug-likeness (QED) is 0.777. The molecule has 1 aromatic carbocycles. The van der Waals surface area contributed by atoms with Crippen molar-refractivity contribution in [1.29, 1.82) is 0 Å². The van der Waals surface area contributed by atoms with Gasteiger partial charge in [-0.25, -0.2) is 13.8 Å². The Morgan fingerprint density at radius 3 is 2.41 bits per heavy atom. The van der Waals surface area contributed by atoms with Crippen LogP contribution in [0.1, 0.15) is 62.6 Å². The standard InChI is InChI=1S/C24H30F2N4O2/c1-24(2,3)20(23(32)29-11-7-12-29)28-22(31)19-18-8-5-4-6-13-30(18)21(27-19)15-9-10-16(25)17(26)14-15/h9-10,14,20H,4-8,11-13H2,1-3H3,(H,28,31). The molecule has 2 aromatic rings. The van der Waals surface area contributed by atoms with E-state index in [4.69, 9.17) is 0 Å². The van der Waals surface area contributed by atoms with Crippen LogP contribution in [0.3, 0.4) is 0 Å². The second-order valence-corrected chi connectivity index (χ2v) is 9.77. The average Bonchev–Trinajstić information content (AvgIpc) is 2.87.